The highest BCUT2D eigenvalue weighted by molar-refractivity contribution is 5.97. The predicted octanol–water partition coefficient (Wildman–Crippen LogP) is 3.75. The number of rotatable bonds is 1. The van der Waals surface area contributed by atoms with Crippen LogP contribution in [0.25, 0.3) is 21.9 Å². The smallest absolute Gasteiger partial charge is 0.126 e. The third-order valence-corrected chi connectivity index (χ3v) is 2.93. The van der Waals surface area contributed by atoms with Crippen molar-refractivity contribution in [1.29, 1.82) is 0 Å². The number of aromatic nitrogens is 1. The molecule has 3 heteroatoms. The summed E-state index contributed by atoms with van der Waals surface area (Å²) < 4.78 is 13.0. The molecule has 0 saturated carbocycles. The molecule has 1 N–H and O–H groups in total. The van der Waals surface area contributed by atoms with E-state index in [0.29, 0.717) is 5.56 Å². The largest absolute Gasteiger partial charge is 0.507 e. The molecular weight excluding hydrogens is 229 g/mol. The summed E-state index contributed by atoms with van der Waals surface area (Å²) in [7, 11) is 0. The Morgan fingerprint density at radius 1 is 1.00 bits per heavy atom. The quantitative estimate of drug-likeness (QED) is 0.701. The summed E-state index contributed by atoms with van der Waals surface area (Å²) >= 11 is 0. The fraction of sp³-hybridized carbons (Fsp3) is 0. The summed E-state index contributed by atoms with van der Waals surface area (Å²) in [4.78, 5) is 4.09. The molecule has 0 aliphatic heterocycles. The van der Waals surface area contributed by atoms with Crippen LogP contribution in [0.5, 0.6) is 5.75 Å². The van der Waals surface area contributed by atoms with Gasteiger partial charge in [0, 0.05) is 29.4 Å². The Morgan fingerprint density at radius 2 is 1.89 bits per heavy atom. The molecule has 88 valence electrons. The molecular formula is C15H10FNO. The van der Waals surface area contributed by atoms with Gasteiger partial charge in [-0.3, -0.25) is 4.98 Å². The van der Waals surface area contributed by atoms with Crippen molar-refractivity contribution in [1.82, 2.24) is 4.98 Å². The fourth-order valence-corrected chi connectivity index (χ4v) is 2.08. The van der Waals surface area contributed by atoms with Gasteiger partial charge in [-0.1, -0.05) is 18.2 Å². The van der Waals surface area contributed by atoms with Crippen LogP contribution in [0.1, 0.15) is 0 Å². The molecule has 0 unspecified atom stereocenters. The van der Waals surface area contributed by atoms with Crippen LogP contribution in [-0.2, 0) is 0 Å². The molecule has 1 aromatic heterocycles. The lowest BCUT2D eigenvalue weighted by atomic mass is 9.99. The number of nitrogens with zero attached hydrogens (tertiary/aromatic N) is 1. The molecule has 0 aliphatic rings. The van der Waals surface area contributed by atoms with E-state index in [9.17, 15) is 9.50 Å². The third-order valence-electron chi connectivity index (χ3n) is 2.93. The molecule has 18 heavy (non-hydrogen) atoms. The van der Waals surface area contributed by atoms with E-state index in [0.717, 1.165) is 22.4 Å². The SMILES string of the molecule is Oc1cc(F)ccc1-c1cccc2ccncc12. The zero-order valence-electron chi connectivity index (χ0n) is 9.47. The van der Waals surface area contributed by atoms with E-state index >= 15 is 0 Å². The number of aromatic hydroxyl groups is 1. The molecule has 0 saturated heterocycles. The molecule has 0 atom stereocenters. The van der Waals surface area contributed by atoms with E-state index in [2.05, 4.69) is 4.98 Å². The monoisotopic (exact) mass is 239 g/mol. The average Bonchev–Trinajstić information content (AvgIpc) is 2.38. The molecule has 0 bridgehead atoms. The fourth-order valence-electron chi connectivity index (χ4n) is 2.08. The number of halogens is 1. The maximum Gasteiger partial charge on any atom is 0.126 e. The van der Waals surface area contributed by atoms with E-state index in [1.165, 1.54) is 6.07 Å². The first-order chi connectivity index (χ1) is 8.75. The first-order valence-electron chi connectivity index (χ1n) is 5.57. The van der Waals surface area contributed by atoms with Gasteiger partial charge < -0.3 is 5.11 Å². The van der Waals surface area contributed by atoms with E-state index in [-0.39, 0.29) is 5.75 Å². The zero-order chi connectivity index (χ0) is 12.5. The lowest BCUT2D eigenvalue weighted by Gasteiger charge is -2.08. The highest BCUT2D eigenvalue weighted by Gasteiger charge is 2.08. The zero-order valence-corrected chi connectivity index (χ0v) is 9.47. The molecule has 0 fully saturated rings. The predicted molar refractivity (Wildman–Crippen MR) is 68.8 cm³/mol. The minimum absolute atomic E-state index is 0.0636. The molecule has 3 rings (SSSR count). The normalized spacial score (nSPS) is 10.7. The van der Waals surface area contributed by atoms with Crippen molar-refractivity contribution < 1.29 is 9.50 Å². The van der Waals surface area contributed by atoms with Crippen LogP contribution in [0.3, 0.4) is 0 Å². The summed E-state index contributed by atoms with van der Waals surface area (Å²) in [5.74, 6) is -0.513. The number of fused-ring (bicyclic) bond motifs is 1. The van der Waals surface area contributed by atoms with Gasteiger partial charge in [0.05, 0.1) is 0 Å². The summed E-state index contributed by atoms with van der Waals surface area (Å²) in [6, 6.07) is 11.7. The lowest BCUT2D eigenvalue weighted by Crippen LogP contribution is -1.84. The maximum absolute atomic E-state index is 13.0. The molecule has 0 spiro atoms. The molecule has 0 aliphatic carbocycles. The first-order valence-corrected chi connectivity index (χ1v) is 5.57. The van der Waals surface area contributed by atoms with Crippen molar-refractivity contribution in [2.75, 3.05) is 0 Å². The van der Waals surface area contributed by atoms with Gasteiger partial charge >= 0.3 is 0 Å². The lowest BCUT2D eigenvalue weighted by molar-refractivity contribution is 0.471. The topological polar surface area (TPSA) is 33.1 Å². The second-order valence-electron chi connectivity index (χ2n) is 4.06. The Bertz CT molecular complexity index is 719. The van der Waals surface area contributed by atoms with E-state index < -0.39 is 5.82 Å². The first kappa shape index (κ1) is 10.7. The summed E-state index contributed by atoms with van der Waals surface area (Å²) in [5, 5.41) is 11.8. The number of phenols is 1. The van der Waals surface area contributed by atoms with Gasteiger partial charge in [-0.25, -0.2) is 4.39 Å². The molecule has 2 nitrogen and oxygen atoms in total. The highest BCUT2D eigenvalue weighted by atomic mass is 19.1. The third kappa shape index (κ3) is 1.70. The van der Waals surface area contributed by atoms with Gasteiger partial charge in [0.2, 0.25) is 0 Å². The van der Waals surface area contributed by atoms with E-state index in [1.54, 1.807) is 18.5 Å². The van der Waals surface area contributed by atoms with E-state index in [1.807, 2.05) is 24.3 Å². The molecule has 3 aromatic rings. The van der Waals surface area contributed by atoms with Gasteiger partial charge in [0.1, 0.15) is 11.6 Å². The van der Waals surface area contributed by atoms with Gasteiger partial charge in [0.15, 0.2) is 0 Å². The van der Waals surface area contributed by atoms with Gasteiger partial charge in [-0.2, -0.15) is 0 Å². The summed E-state index contributed by atoms with van der Waals surface area (Å²) in [5.41, 5.74) is 1.45. The average molecular weight is 239 g/mol. The van der Waals surface area contributed by atoms with Gasteiger partial charge in [0.25, 0.3) is 0 Å². The number of phenolic OH excluding ortho intramolecular Hbond substituents is 1. The molecule has 1 heterocycles. The van der Waals surface area contributed by atoms with Crippen molar-refractivity contribution >= 4 is 10.8 Å². The van der Waals surface area contributed by atoms with Crippen LogP contribution < -0.4 is 0 Å². The van der Waals surface area contributed by atoms with Crippen LogP contribution in [0.4, 0.5) is 4.39 Å². The van der Waals surface area contributed by atoms with Crippen molar-refractivity contribution in [3.05, 3.63) is 60.7 Å². The Labute approximate surface area is 103 Å². The highest BCUT2D eigenvalue weighted by Crippen LogP contribution is 2.34. The van der Waals surface area contributed by atoms with Crippen molar-refractivity contribution in [2.45, 2.75) is 0 Å². The second kappa shape index (κ2) is 4.11. The van der Waals surface area contributed by atoms with Crippen LogP contribution >= 0.6 is 0 Å². The summed E-state index contributed by atoms with van der Waals surface area (Å²) in [6.45, 7) is 0. The van der Waals surface area contributed by atoms with Gasteiger partial charge in [-0.15, -0.1) is 0 Å². The minimum Gasteiger partial charge on any atom is -0.507 e. The van der Waals surface area contributed by atoms with Crippen LogP contribution in [0, 0.1) is 5.82 Å². The Hall–Kier alpha value is -2.42. The number of pyridine rings is 1. The molecule has 0 radical (unpaired) electrons. The summed E-state index contributed by atoms with van der Waals surface area (Å²) in [6.07, 6.45) is 3.46. The van der Waals surface area contributed by atoms with Crippen molar-refractivity contribution in [3.63, 3.8) is 0 Å². The Kier molecular flexibility index (Phi) is 2.45. The molecule has 0 amide bonds. The maximum atomic E-state index is 13.0. The van der Waals surface area contributed by atoms with E-state index in [4.69, 9.17) is 0 Å². The van der Waals surface area contributed by atoms with Gasteiger partial charge in [-0.05, 0) is 29.1 Å². The van der Waals surface area contributed by atoms with Crippen molar-refractivity contribution in [2.24, 2.45) is 0 Å². The number of hydrogen-bond acceptors (Lipinski definition) is 2. The van der Waals surface area contributed by atoms with Crippen molar-refractivity contribution in [3.8, 4) is 16.9 Å². The Balaban J connectivity index is 2.31. The minimum atomic E-state index is -0.449. The second-order valence-corrected chi connectivity index (χ2v) is 4.06. The van der Waals surface area contributed by atoms with Crippen LogP contribution in [0.2, 0.25) is 0 Å². The Morgan fingerprint density at radius 3 is 2.72 bits per heavy atom. The molecule has 2 aromatic carbocycles. The number of hydrogen-bond donors (Lipinski definition) is 1. The van der Waals surface area contributed by atoms with Crippen LogP contribution in [0.15, 0.2) is 54.9 Å². The standard InChI is InChI=1S/C15H10FNO/c16-11-4-5-13(15(18)8-11)12-3-1-2-10-6-7-17-9-14(10)12/h1-9,18H. The van der Waals surface area contributed by atoms with Crippen LogP contribution in [-0.4, -0.2) is 10.1 Å². The number of benzene rings is 2.